The van der Waals surface area contributed by atoms with Crippen molar-refractivity contribution in [2.45, 2.75) is 13.8 Å². The summed E-state index contributed by atoms with van der Waals surface area (Å²) in [6.07, 6.45) is 0. The van der Waals surface area contributed by atoms with Gasteiger partial charge in [0, 0.05) is 27.5 Å². The number of thiazole rings is 1. The van der Waals surface area contributed by atoms with E-state index in [1.807, 2.05) is 37.4 Å². The zero-order valence-electron chi connectivity index (χ0n) is 12.7. The van der Waals surface area contributed by atoms with E-state index in [0.29, 0.717) is 5.56 Å². The molecule has 0 saturated heterocycles. The van der Waals surface area contributed by atoms with Gasteiger partial charge < -0.3 is 15.0 Å². The van der Waals surface area contributed by atoms with Crippen LogP contribution in [0.3, 0.4) is 0 Å². The Balaban J connectivity index is 1.87. The van der Waals surface area contributed by atoms with Crippen molar-refractivity contribution in [1.29, 1.82) is 0 Å². The SMILES string of the molecule is COc1ccc2[nH]c(C)c(C(=O)CNc3nc(C)cs3)c2c1. The molecular weight excluding hydrogens is 298 g/mol. The van der Waals surface area contributed by atoms with Crippen molar-refractivity contribution in [3.05, 3.63) is 40.5 Å². The lowest BCUT2D eigenvalue weighted by atomic mass is 10.1. The number of ether oxygens (including phenoxy) is 1. The van der Waals surface area contributed by atoms with Crippen molar-refractivity contribution in [1.82, 2.24) is 9.97 Å². The highest BCUT2D eigenvalue weighted by Gasteiger charge is 2.16. The molecule has 0 aliphatic rings. The number of methoxy groups -OCH3 is 1. The summed E-state index contributed by atoms with van der Waals surface area (Å²) in [5.41, 5.74) is 3.46. The highest BCUT2D eigenvalue weighted by atomic mass is 32.1. The number of aryl methyl sites for hydroxylation is 2. The monoisotopic (exact) mass is 315 g/mol. The summed E-state index contributed by atoms with van der Waals surface area (Å²) in [4.78, 5) is 20.1. The lowest BCUT2D eigenvalue weighted by molar-refractivity contribution is 0.101. The molecule has 0 spiro atoms. The summed E-state index contributed by atoms with van der Waals surface area (Å²) < 4.78 is 5.25. The van der Waals surface area contributed by atoms with Crippen LogP contribution < -0.4 is 10.1 Å². The minimum Gasteiger partial charge on any atom is -0.497 e. The molecule has 1 aromatic carbocycles. The molecule has 3 aromatic rings. The highest BCUT2D eigenvalue weighted by Crippen LogP contribution is 2.27. The highest BCUT2D eigenvalue weighted by molar-refractivity contribution is 7.13. The van der Waals surface area contributed by atoms with Crippen LogP contribution in [0, 0.1) is 13.8 Å². The van der Waals surface area contributed by atoms with Gasteiger partial charge >= 0.3 is 0 Å². The van der Waals surface area contributed by atoms with Crippen LogP contribution in [0.4, 0.5) is 5.13 Å². The van der Waals surface area contributed by atoms with Crippen LogP contribution in [0.2, 0.25) is 0 Å². The Hall–Kier alpha value is -2.34. The predicted molar refractivity (Wildman–Crippen MR) is 89.3 cm³/mol. The fourth-order valence-electron chi connectivity index (χ4n) is 2.47. The van der Waals surface area contributed by atoms with Gasteiger partial charge in [-0.1, -0.05) is 0 Å². The van der Waals surface area contributed by atoms with Gasteiger partial charge in [-0.05, 0) is 32.0 Å². The normalized spacial score (nSPS) is 10.9. The summed E-state index contributed by atoms with van der Waals surface area (Å²) in [7, 11) is 1.62. The summed E-state index contributed by atoms with van der Waals surface area (Å²) >= 11 is 1.50. The number of ketones is 1. The van der Waals surface area contributed by atoms with Crippen LogP contribution in [0.15, 0.2) is 23.6 Å². The molecule has 3 rings (SSSR count). The first kappa shape index (κ1) is 14.6. The number of hydrogen-bond donors (Lipinski definition) is 2. The van der Waals surface area contributed by atoms with Crippen LogP contribution in [-0.2, 0) is 0 Å². The van der Waals surface area contributed by atoms with Gasteiger partial charge in [-0.25, -0.2) is 4.98 Å². The third kappa shape index (κ3) is 2.69. The van der Waals surface area contributed by atoms with Gasteiger partial charge in [-0.2, -0.15) is 0 Å². The van der Waals surface area contributed by atoms with Gasteiger partial charge in [0.2, 0.25) is 0 Å². The number of fused-ring (bicyclic) bond motifs is 1. The maximum atomic E-state index is 12.6. The second kappa shape index (κ2) is 5.81. The number of benzene rings is 1. The third-order valence-corrected chi connectivity index (χ3v) is 4.41. The molecular formula is C16H17N3O2S. The van der Waals surface area contributed by atoms with Crippen LogP contribution >= 0.6 is 11.3 Å². The minimum atomic E-state index is 0.0323. The van der Waals surface area contributed by atoms with Gasteiger partial charge in [-0.3, -0.25) is 4.79 Å². The van der Waals surface area contributed by atoms with Gasteiger partial charge in [0.25, 0.3) is 0 Å². The van der Waals surface area contributed by atoms with Gasteiger partial charge in [-0.15, -0.1) is 11.3 Å². The lowest BCUT2D eigenvalue weighted by Gasteiger charge is -2.04. The van der Waals surface area contributed by atoms with Crippen molar-refractivity contribution in [3.8, 4) is 5.75 Å². The molecule has 0 amide bonds. The number of Topliss-reactive ketones (excluding diaryl/α,β-unsaturated/α-hetero) is 1. The van der Waals surface area contributed by atoms with Crippen molar-refractivity contribution < 1.29 is 9.53 Å². The second-order valence-corrected chi connectivity index (χ2v) is 5.97. The van der Waals surface area contributed by atoms with Crippen LogP contribution in [-0.4, -0.2) is 29.4 Å². The molecule has 2 heterocycles. The van der Waals surface area contributed by atoms with Gasteiger partial charge in [0.1, 0.15) is 5.75 Å². The molecule has 114 valence electrons. The van der Waals surface area contributed by atoms with E-state index in [1.54, 1.807) is 7.11 Å². The smallest absolute Gasteiger partial charge is 0.184 e. The standard InChI is InChI=1S/C16H17N3O2S/c1-9-8-22-16(18-9)17-7-14(20)15-10(2)19-13-5-4-11(21-3)6-12(13)15/h4-6,8,19H,7H2,1-3H3,(H,17,18). The Kier molecular flexibility index (Phi) is 3.85. The Morgan fingerprint density at radius 1 is 1.41 bits per heavy atom. The molecule has 0 unspecified atom stereocenters. The number of rotatable bonds is 5. The molecule has 5 nitrogen and oxygen atoms in total. The molecule has 0 atom stereocenters. The van der Waals surface area contributed by atoms with Crippen molar-refractivity contribution in [3.63, 3.8) is 0 Å². The Morgan fingerprint density at radius 3 is 2.91 bits per heavy atom. The number of H-pyrrole nitrogens is 1. The first-order valence-corrected chi connectivity index (χ1v) is 7.82. The number of carbonyl (C=O) groups excluding carboxylic acids is 1. The quantitative estimate of drug-likeness (QED) is 0.707. The fraction of sp³-hybridized carbons (Fsp3) is 0.250. The molecule has 0 saturated carbocycles. The number of aromatic amines is 1. The van der Waals surface area contributed by atoms with E-state index in [1.165, 1.54) is 11.3 Å². The van der Waals surface area contributed by atoms with Crippen LogP contribution in [0.5, 0.6) is 5.75 Å². The molecule has 2 aromatic heterocycles. The average molecular weight is 315 g/mol. The molecule has 0 aliphatic heterocycles. The zero-order chi connectivity index (χ0) is 15.7. The van der Waals surface area contributed by atoms with E-state index in [2.05, 4.69) is 15.3 Å². The topological polar surface area (TPSA) is 67.0 Å². The first-order chi connectivity index (χ1) is 10.6. The third-order valence-electron chi connectivity index (χ3n) is 3.49. The molecule has 0 aliphatic carbocycles. The summed E-state index contributed by atoms with van der Waals surface area (Å²) in [6, 6.07) is 5.69. The number of hydrogen-bond acceptors (Lipinski definition) is 5. The number of aromatic nitrogens is 2. The summed E-state index contributed by atoms with van der Waals surface area (Å²) in [6.45, 7) is 4.06. The van der Waals surface area contributed by atoms with E-state index in [9.17, 15) is 4.79 Å². The minimum absolute atomic E-state index is 0.0323. The maximum absolute atomic E-state index is 12.6. The van der Waals surface area contributed by atoms with E-state index in [4.69, 9.17) is 4.74 Å². The van der Waals surface area contributed by atoms with Crippen molar-refractivity contribution in [2.24, 2.45) is 0 Å². The molecule has 0 radical (unpaired) electrons. The van der Waals surface area contributed by atoms with Crippen LogP contribution in [0.25, 0.3) is 10.9 Å². The Morgan fingerprint density at radius 2 is 2.23 bits per heavy atom. The Labute approximate surface area is 132 Å². The Bertz CT molecular complexity index is 835. The van der Waals surface area contributed by atoms with Crippen molar-refractivity contribution in [2.75, 3.05) is 19.0 Å². The lowest BCUT2D eigenvalue weighted by Crippen LogP contribution is -2.14. The van der Waals surface area contributed by atoms with Crippen molar-refractivity contribution >= 4 is 33.2 Å². The van der Waals surface area contributed by atoms with Gasteiger partial charge in [0.05, 0.1) is 19.3 Å². The number of nitrogens with zero attached hydrogens (tertiary/aromatic N) is 1. The van der Waals surface area contributed by atoms with E-state index in [-0.39, 0.29) is 12.3 Å². The number of carbonyl (C=O) groups is 1. The maximum Gasteiger partial charge on any atom is 0.184 e. The fourth-order valence-corrected chi connectivity index (χ4v) is 3.16. The van der Waals surface area contributed by atoms with E-state index in [0.717, 1.165) is 33.2 Å². The molecule has 0 fully saturated rings. The molecule has 2 N–H and O–H groups in total. The molecule has 6 heteroatoms. The molecule has 22 heavy (non-hydrogen) atoms. The summed E-state index contributed by atoms with van der Waals surface area (Å²) in [5.74, 6) is 0.772. The number of nitrogens with one attached hydrogen (secondary N) is 2. The first-order valence-electron chi connectivity index (χ1n) is 6.94. The number of anilines is 1. The zero-order valence-corrected chi connectivity index (χ0v) is 13.5. The molecule has 0 bridgehead atoms. The average Bonchev–Trinajstić information content (AvgIpc) is 3.06. The van der Waals surface area contributed by atoms with E-state index >= 15 is 0 Å². The predicted octanol–water partition coefficient (Wildman–Crippen LogP) is 3.54. The van der Waals surface area contributed by atoms with E-state index < -0.39 is 0 Å². The largest absolute Gasteiger partial charge is 0.497 e. The van der Waals surface area contributed by atoms with Crippen LogP contribution in [0.1, 0.15) is 21.7 Å². The second-order valence-electron chi connectivity index (χ2n) is 5.11. The van der Waals surface area contributed by atoms with Gasteiger partial charge in [0.15, 0.2) is 10.9 Å². The summed E-state index contributed by atoms with van der Waals surface area (Å²) in [5, 5.41) is 6.69.